The molecule has 1 aliphatic heterocycles. The Balaban J connectivity index is 1.67. The molecule has 4 rings (SSSR count). The molecule has 1 amide bonds. The highest BCUT2D eigenvalue weighted by Gasteiger charge is 2.26. The third-order valence-electron chi connectivity index (χ3n) is 6.39. The van der Waals surface area contributed by atoms with Crippen molar-refractivity contribution < 1.29 is 9.18 Å². The maximum atomic E-state index is 14.1. The van der Waals surface area contributed by atoms with Crippen LogP contribution >= 0.6 is 0 Å². The summed E-state index contributed by atoms with van der Waals surface area (Å²) in [6.45, 7) is 8.66. The molecule has 0 radical (unpaired) electrons. The van der Waals surface area contributed by atoms with Gasteiger partial charge in [0.05, 0.1) is 0 Å². The average molecular weight is 408 g/mol. The fourth-order valence-electron chi connectivity index (χ4n) is 4.57. The van der Waals surface area contributed by atoms with Crippen molar-refractivity contribution in [3.8, 4) is 0 Å². The van der Waals surface area contributed by atoms with Crippen molar-refractivity contribution in [1.82, 2.24) is 14.8 Å². The Morgan fingerprint density at radius 1 is 1.10 bits per heavy atom. The van der Waals surface area contributed by atoms with E-state index in [1.54, 1.807) is 12.1 Å². The number of amides is 1. The van der Waals surface area contributed by atoms with Gasteiger partial charge in [0, 0.05) is 55.6 Å². The number of hydrogen-bond acceptors (Lipinski definition) is 2. The van der Waals surface area contributed by atoms with Gasteiger partial charge in [-0.2, -0.15) is 0 Å². The average Bonchev–Trinajstić information content (AvgIpc) is 3.21. The van der Waals surface area contributed by atoms with Gasteiger partial charge in [-0.3, -0.25) is 4.79 Å². The topological polar surface area (TPSA) is 39.3 Å². The van der Waals surface area contributed by atoms with Crippen molar-refractivity contribution in [3.63, 3.8) is 0 Å². The van der Waals surface area contributed by atoms with Crippen LogP contribution in [0.3, 0.4) is 0 Å². The summed E-state index contributed by atoms with van der Waals surface area (Å²) in [4.78, 5) is 21.0. The molecule has 0 bridgehead atoms. The van der Waals surface area contributed by atoms with Crippen LogP contribution < -0.4 is 0 Å². The highest BCUT2D eigenvalue weighted by atomic mass is 19.1. The van der Waals surface area contributed by atoms with E-state index in [9.17, 15) is 9.18 Å². The zero-order valence-corrected chi connectivity index (χ0v) is 17.8. The van der Waals surface area contributed by atoms with E-state index < -0.39 is 0 Å². The van der Waals surface area contributed by atoms with E-state index in [0.29, 0.717) is 6.42 Å². The highest BCUT2D eigenvalue weighted by Crippen LogP contribution is 2.35. The molecule has 0 aliphatic carbocycles. The summed E-state index contributed by atoms with van der Waals surface area (Å²) in [6, 6.07) is 13.0. The summed E-state index contributed by atoms with van der Waals surface area (Å²) in [5.41, 5.74) is 4.27. The van der Waals surface area contributed by atoms with E-state index in [2.05, 4.69) is 41.9 Å². The van der Waals surface area contributed by atoms with Gasteiger partial charge < -0.3 is 14.8 Å². The number of aromatic nitrogens is 1. The fraction of sp³-hybridized carbons (Fsp3) is 0.400. The number of nitrogens with zero attached hydrogens (tertiary/aromatic N) is 2. The molecule has 1 saturated heterocycles. The van der Waals surface area contributed by atoms with Crippen LogP contribution in [0.15, 0.2) is 48.7 Å². The van der Waals surface area contributed by atoms with Crippen molar-refractivity contribution in [3.05, 3.63) is 71.2 Å². The zero-order valence-electron chi connectivity index (χ0n) is 17.8. The summed E-state index contributed by atoms with van der Waals surface area (Å²) in [6.07, 6.45) is 3.28. The highest BCUT2D eigenvalue weighted by molar-refractivity contribution is 5.88. The van der Waals surface area contributed by atoms with Gasteiger partial charge in [-0.15, -0.1) is 0 Å². The van der Waals surface area contributed by atoms with Gasteiger partial charge >= 0.3 is 0 Å². The first-order valence-corrected chi connectivity index (χ1v) is 10.9. The van der Waals surface area contributed by atoms with Gasteiger partial charge in [0.25, 0.3) is 0 Å². The lowest BCUT2D eigenvalue weighted by Crippen LogP contribution is -2.48. The van der Waals surface area contributed by atoms with Gasteiger partial charge in [-0.1, -0.05) is 44.2 Å². The second-order valence-electron chi connectivity index (χ2n) is 8.06. The summed E-state index contributed by atoms with van der Waals surface area (Å²) in [5, 5.41) is 1.12. The van der Waals surface area contributed by atoms with Crippen molar-refractivity contribution in [1.29, 1.82) is 0 Å². The number of para-hydroxylation sites is 1. The van der Waals surface area contributed by atoms with Crippen molar-refractivity contribution >= 4 is 16.8 Å². The van der Waals surface area contributed by atoms with Crippen LogP contribution in [0.4, 0.5) is 4.39 Å². The first-order valence-electron chi connectivity index (χ1n) is 10.9. The van der Waals surface area contributed by atoms with E-state index in [4.69, 9.17) is 0 Å². The molecule has 0 spiro atoms. The van der Waals surface area contributed by atoms with E-state index in [1.807, 2.05) is 17.2 Å². The van der Waals surface area contributed by atoms with Gasteiger partial charge in [0.2, 0.25) is 5.91 Å². The molecular formula is C25H30FN3O. The van der Waals surface area contributed by atoms with Gasteiger partial charge in [0.15, 0.2) is 0 Å². The summed E-state index contributed by atoms with van der Waals surface area (Å²) >= 11 is 0. The molecule has 158 valence electrons. The molecule has 1 aliphatic rings. The standard InChI is InChI=1S/C25H30FN3O/c1-3-18-7-6-10-21-23(17-27-25(18)21)22(19-8-5-9-20(26)15-19)16-24(30)29-13-11-28(4-2)12-14-29/h5-10,15,17,22,27H,3-4,11-14,16H2,1-2H3/t22-/m0/s1. The number of hydrogen-bond donors (Lipinski definition) is 1. The number of carbonyl (C=O) groups is 1. The first-order chi connectivity index (χ1) is 14.6. The molecule has 1 fully saturated rings. The van der Waals surface area contributed by atoms with E-state index in [1.165, 1.54) is 11.6 Å². The quantitative estimate of drug-likeness (QED) is 0.651. The number of fused-ring (bicyclic) bond motifs is 1. The lowest BCUT2D eigenvalue weighted by molar-refractivity contribution is -0.133. The first kappa shape index (κ1) is 20.6. The molecule has 1 N–H and O–H groups in total. The Morgan fingerprint density at radius 3 is 2.57 bits per heavy atom. The van der Waals surface area contributed by atoms with Crippen LogP contribution in [0.2, 0.25) is 0 Å². The number of nitrogens with one attached hydrogen (secondary N) is 1. The lowest BCUT2D eigenvalue weighted by Gasteiger charge is -2.34. The second-order valence-corrected chi connectivity index (χ2v) is 8.06. The van der Waals surface area contributed by atoms with Crippen LogP contribution in [-0.4, -0.2) is 53.4 Å². The number of benzene rings is 2. The molecule has 2 aromatic carbocycles. The monoisotopic (exact) mass is 407 g/mol. The van der Waals surface area contributed by atoms with E-state index in [-0.39, 0.29) is 17.6 Å². The predicted molar refractivity (Wildman–Crippen MR) is 119 cm³/mol. The van der Waals surface area contributed by atoms with E-state index in [0.717, 1.165) is 61.2 Å². The smallest absolute Gasteiger partial charge is 0.223 e. The molecule has 2 heterocycles. The molecule has 4 nitrogen and oxygen atoms in total. The van der Waals surface area contributed by atoms with Crippen LogP contribution in [0, 0.1) is 5.82 Å². The maximum absolute atomic E-state index is 14.1. The van der Waals surface area contributed by atoms with Crippen LogP contribution in [0.25, 0.3) is 10.9 Å². The number of carbonyl (C=O) groups excluding carboxylic acids is 1. The number of H-pyrrole nitrogens is 1. The minimum Gasteiger partial charge on any atom is -0.361 e. The summed E-state index contributed by atoms with van der Waals surface area (Å²) < 4.78 is 14.1. The molecular weight excluding hydrogens is 377 g/mol. The third-order valence-corrected chi connectivity index (χ3v) is 6.39. The molecule has 3 aromatic rings. The number of piperazine rings is 1. The van der Waals surface area contributed by atoms with E-state index >= 15 is 0 Å². The number of halogens is 1. The number of rotatable bonds is 6. The van der Waals surface area contributed by atoms with Crippen LogP contribution in [0.1, 0.15) is 42.9 Å². The van der Waals surface area contributed by atoms with Crippen molar-refractivity contribution in [2.75, 3.05) is 32.7 Å². The Kier molecular flexibility index (Phi) is 6.18. The normalized spacial score (nSPS) is 16.2. The van der Waals surface area contributed by atoms with Crippen molar-refractivity contribution in [2.45, 2.75) is 32.6 Å². The van der Waals surface area contributed by atoms with Gasteiger partial charge in [0.1, 0.15) is 5.82 Å². The molecule has 1 aromatic heterocycles. The Morgan fingerprint density at radius 2 is 1.87 bits per heavy atom. The van der Waals surface area contributed by atoms with Crippen LogP contribution in [-0.2, 0) is 11.2 Å². The lowest BCUT2D eigenvalue weighted by atomic mass is 9.87. The number of aromatic amines is 1. The number of aryl methyl sites for hydroxylation is 1. The largest absolute Gasteiger partial charge is 0.361 e. The Labute approximate surface area is 177 Å². The van der Waals surface area contributed by atoms with Crippen molar-refractivity contribution in [2.24, 2.45) is 0 Å². The minimum absolute atomic E-state index is 0.140. The number of likely N-dealkylation sites (N-methyl/N-ethyl adjacent to an activating group) is 1. The predicted octanol–water partition coefficient (Wildman–Crippen LogP) is 4.56. The molecule has 30 heavy (non-hydrogen) atoms. The molecule has 1 atom stereocenters. The SMILES string of the molecule is CCc1cccc2c([C@@H](CC(=O)N3CCN(CC)CC3)c3cccc(F)c3)c[nH]c12. The Bertz CT molecular complexity index is 1020. The maximum Gasteiger partial charge on any atom is 0.223 e. The fourth-order valence-corrected chi connectivity index (χ4v) is 4.57. The van der Waals surface area contributed by atoms with Gasteiger partial charge in [-0.25, -0.2) is 4.39 Å². The minimum atomic E-state index is -0.268. The molecule has 5 heteroatoms. The zero-order chi connectivity index (χ0) is 21.1. The Hall–Kier alpha value is -2.66. The summed E-state index contributed by atoms with van der Waals surface area (Å²) in [5.74, 6) is -0.310. The molecule has 0 saturated carbocycles. The molecule has 0 unspecified atom stereocenters. The summed E-state index contributed by atoms with van der Waals surface area (Å²) in [7, 11) is 0. The van der Waals surface area contributed by atoms with Crippen LogP contribution in [0.5, 0.6) is 0 Å². The third kappa shape index (κ3) is 4.12. The second kappa shape index (κ2) is 9.00. The van der Waals surface area contributed by atoms with Gasteiger partial charge in [-0.05, 0) is 41.8 Å².